The van der Waals surface area contributed by atoms with Crippen LogP contribution in [0.4, 0.5) is 0 Å². The van der Waals surface area contributed by atoms with Gasteiger partial charge in [0.2, 0.25) is 0 Å². The van der Waals surface area contributed by atoms with Gasteiger partial charge in [-0.25, -0.2) is 0 Å². The second-order valence-corrected chi connectivity index (χ2v) is 5.83. The summed E-state index contributed by atoms with van der Waals surface area (Å²) in [6, 6.07) is 0. The molecule has 20 heavy (non-hydrogen) atoms. The van der Waals surface area contributed by atoms with E-state index in [2.05, 4.69) is 6.08 Å². The van der Waals surface area contributed by atoms with Crippen LogP contribution in [0.2, 0.25) is 0 Å². The molecule has 0 amide bonds. The molecule has 0 spiro atoms. The van der Waals surface area contributed by atoms with E-state index in [0.717, 1.165) is 18.4 Å². The van der Waals surface area contributed by atoms with Crippen molar-refractivity contribution in [1.82, 2.24) is 0 Å². The first kappa shape index (κ1) is 18.4. The summed E-state index contributed by atoms with van der Waals surface area (Å²) in [7, 11) is 0. The summed E-state index contributed by atoms with van der Waals surface area (Å²) in [5, 5.41) is 18.0. The van der Waals surface area contributed by atoms with E-state index in [1.54, 1.807) is 6.92 Å². The Labute approximate surface area is 121 Å². The standard InChI is InChI=1S/C16H26O4/c1-12(2)6-5-7-13(3)8-10-16(4,15(19)20)11-9-14(17)18/h6,8H,5,7,9-11H2,1-4H3,(H,17,18)(H,19,20)/b13-8-/t16-/m1/s1. The van der Waals surface area contributed by atoms with E-state index < -0.39 is 17.4 Å². The zero-order valence-electron chi connectivity index (χ0n) is 12.9. The highest BCUT2D eigenvalue weighted by molar-refractivity contribution is 5.75. The smallest absolute Gasteiger partial charge is 0.309 e. The molecular formula is C16H26O4. The average molecular weight is 282 g/mol. The molecule has 0 heterocycles. The largest absolute Gasteiger partial charge is 0.481 e. The summed E-state index contributed by atoms with van der Waals surface area (Å²) < 4.78 is 0. The fraction of sp³-hybridized carbons (Fsp3) is 0.625. The van der Waals surface area contributed by atoms with Crippen molar-refractivity contribution in [2.45, 2.75) is 59.8 Å². The van der Waals surface area contributed by atoms with Crippen LogP contribution in [-0.2, 0) is 9.59 Å². The molecule has 1 atom stereocenters. The minimum Gasteiger partial charge on any atom is -0.481 e. The van der Waals surface area contributed by atoms with Gasteiger partial charge in [0, 0.05) is 6.42 Å². The predicted octanol–water partition coefficient (Wildman–Crippen LogP) is 4.02. The normalized spacial score (nSPS) is 14.5. The topological polar surface area (TPSA) is 74.6 Å². The van der Waals surface area contributed by atoms with Gasteiger partial charge in [-0.1, -0.05) is 23.3 Å². The van der Waals surface area contributed by atoms with Crippen molar-refractivity contribution in [3.8, 4) is 0 Å². The average Bonchev–Trinajstić information content (AvgIpc) is 2.33. The van der Waals surface area contributed by atoms with Crippen molar-refractivity contribution in [1.29, 1.82) is 0 Å². The van der Waals surface area contributed by atoms with Gasteiger partial charge in [-0.05, 0) is 53.4 Å². The molecule has 4 heteroatoms. The highest BCUT2D eigenvalue weighted by Crippen LogP contribution is 2.29. The van der Waals surface area contributed by atoms with Gasteiger partial charge >= 0.3 is 11.9 Å². The van der Waals surface area contributed by atoms with Gasteiger partial charge in [0.1, 0.15) is 0 Å². The Kier molecular flexibility index (Phi) is 7.89. The molecule has 0 saturated carbocycles. The summed E-state index contributed by atoms with van der Waals surface area (Å²) in [4.78, 5) is 21.9. The third-order valence-corrected chi connectivity index (χ3v) is 3.40. The van der Waals surface area contributed by atoms with Gasteiger partial charge < -0.3 is 10.2 Å². The third-order valence-electron chi connectivity index (χ3n) is 3.40. The van der Waals surface area contributed by atoms with Crippen LogP contribution in [0.1, 0.15) is 59.8 Å². The maximum Gasteiger partial charge on any atom is 0.309 e. The summed E-state index contributed by atoms with van der Waals surface area (Å²) in [6.07, 6.45) is 6.33. The predicted molar refractivity (Wildman–Crippen MR) is 79.7 cm³/mol. The maximum atomic E-state index is 11.3. The van der Waals surface area contributed by atoms with Gasteiger partial charge in [-0.2, -0.15) is 0 Å². The van der Waals surface area contributed by atoms with Gasteiger partial charge in [-0.3, -0.25) is 9.59 Å². The molecule has 0 rings (SSSR count). The summed E-state index contributed by atoms with van der Waals surface area (Å²) in [5.74, 6) is -1.89. The van der Waals surface area contributed by atoms with E-state index in [1.165, 1.54) is 5.57 Å². The molecule has 2 N–H and O–H groups in total. The van der Waals surface area contributed by atoms with Gasteiger partial charge in [0.15, 0.2) is 0 Å². The lowest BCUT2D eigenvalue weighted by atomic mass is 9.81. The number of carbonyl (C=O) groups is 2. The molecule has 114 valence electrons. The zero-order valence-corrected chi connectivity index (χ0v) is 12.9. The Bertz CT molecular complexity index is 403. The number of hydrogen-bond acceptors (Lipinski definition) is 2. The van der Waals surface area contributed by atoms with Crippen LogP contribution in [0.25, 0.3) is 0 Å². The van der Waals surface area contributed by atoms with Crippen LogP contribution < -0.4 is 0 Å². The number of carboxylic acid groups (broad SMARTS) is 2. The molecule has 0 bridgehead atoms. The lowest BCUT2D eigenvalue weighted by Crippen LogP contribution is -2.27. The molecule has 0 aliphatic rings. The van der Waals surface area contributed by atoms with Crippen LogP contribution in [0.3, 0.4) is 0 Å². The van der Waals surface area contributed by atoms with E-state index in [9.17, 15) is 14.7 Å². The first-order chi connectivity index (χ1) is 9.17. The van der Waals surface area contributed by atoms with E-state index >= 15 is 0 Å². The molecule has 0 aromatic rings. The molecule has 0 aromatic heterocycles. The first-order valence-corrected chi connectivity index (χ1v) is 6.91. The number of allylic oxidation sites excluding steroid dienone is 4. The number of rotatable bonds is 9. The van der Waals surface area contributed by atoms with Gasteiger partial charge in [0.25, 0.3) is 0 Å². The quantitative estimate of drug-likeness (QED) is 0.626. The monoisotopic (exact) mass is 282 g/mol. The fourth-order valence-corrected chi connectivity index (χ4v) is 1.77. The molecular weight excluding hydrogens is 256 g/mol. The molecule has 0 aliphatic heterocycles. The molecule has 0 radical (unpaired) electrons. The Hall–Kier alpha value is -1.58. The summed E-state index contributed by atoms with van der Waals surface area (Å²) >= 11 is 0. The van der Waals surface area contributed by atoms with Crippen molar-refractivity contribution >= 4 is 11.9 Å². The van der Waals surface area contributed by atoms with Crippen LogP contribution in [0, 0.1) is 5.41 Å². The Morgan fingerprint density at radius 3 is 2.10 bits per heavy atom. The minimum atomic E-state index is -1.00. The number of aliphatic carboxylic acids is 2. The SMILES string of the molecule is CC(C)=CCC/C(C)=C\C[C@](C)(CCC(=O)O)C(=O)O. The number of hydrogen-bond donors (Lipinski definition) is 2. The van der Waals surface area contributed by atoms with Crippen LogP contribution in [-0.4, -0.2) is 22.2 Å². The Balaban J connectivity index is 4.55. The zero-order chi connectivity index (χ0) is 15.8. The lowest BCUT2D eigenvalue weighted by molar-refractivity contribution is -0.149. The second kappa shape index (κ2) is 8.56. The van der Waals surface area contributed by atoms with Crippen molar-refractivity contribution in [3.05, 3.63) is 23.3 Å². The molecule has 0 unspecified atom stereocenters. The van der Waals surface area contributed by atoms with Gasteiger partial charge in [-0.15, -0.1) is 0 Å². The van der Waals surface area contributed by atoms with Crippen LogP contribution in [0.5, 0.6) is 0 Å². The first-order valence-electron chi connectivity index (χ1n) is 6.91. The lowest BCUT2D eigenvalue weighted by Gasteiger charge is -2.22. The van der Waals surface area contributed by atoms with Gasteiger partial charge in [0.05, 0.1) is 5.41 Å². The highest BCUT2D eigenvalue weighted by Gasteiger charge is 2.32. The molecule has 0 aliphatic carbocycles. The van der Waals surface area contributed by atoms with E-state index in [0.29, 0.717) is 6.42 Å². The molecule has 0 aromatic carbocycles. The van der Waals surface area contributed by atoms with Crippen molar-refractivity contribution in [2.75, 3.05) is 0 Å². The van der Waals surface area contributed by atoms with E-state index in [1.807, 2.05) is 26.8 Å². The number of carboxylic acids is 2. The van der Waals surface area contributed by atoms with Crippen molar-refractivity contribution in [2.24, 2.45) is 5.41 Å². The Morgan fingerprint density at radius 1 is 1.05 bits per heavy atom. The fourth-order valence-electron chi connectivity index (χ4n) is 1.77. The third kappa shape index (κ3) is 7.77. The highest BCUT2D eigenvalue weighted by atomic mass is 16.4. The van der Waals surface area contributed by atoms with Crippen molar-refractivity contribution < 1.29 is 19.8 Å². The molecule has 0 fully saturated rings. The van der Waals surface area contributed by atoms with E-state index in [4.69, 9.17) is 5.11 Å². The summed E-state index contributed by atoms with van der Waals surface area (Å²) in [6.45, 7) is 7.69. The second-order valence-electron chi connectivity index (χ2n) is 5.83. The molecule has 0 saturated heterocycles. The van der Waals surface area contributed by atoms with Crippen LogP contribution >= 0.6 is 0 Å². The van der Waals surface area contributed by atoms with Crippen molar-refractivity contribution in [3.63, 3.8) is 0 Å². The maximum absolute atomic E-state index is 11.3. The van der Waals surface area contributed by atoms with Crippen LogP contribution in [0.15, 0.2) is 23.3 Å². The van der Waals surface area contributed by atoms with E-state index in [-0.39, 0.29) is 12.8 Å². The minimum absolute atomic E-state index is 0.118. The summed E-state index contributed by atoms with van der Waals surface area (Å²) in [5.41, 5.74) is 1.41. The molecule has 4 nitrogen and oxygen atoms in total. The Morgan fingerprint density at radius 2 is 1.65 bits per heavy atom.